The monoisotopic (exact) mass is 435 g/mol. The largest absolute Gasteiger partial charge is 0.375 e. The predicted molar refractivity (Wildman–Crippen MR) is 113 cm³/mol. The molecule has 1 aliphatic rings. The van der Waals surface area contributed by atoms with Crippen LogP contribution in [0.15, 0.2) is 47.4 Å². The molecule has 0 aromatic heterocycles. The zero-order valence-corrected chi connectivity index (χ0v) is 17.5. The van der Waals surface area contributed by atoms with Crippen molar-refractivity contribution in [2.24, 2.45) is 0 Å². The average molecular weight is 436 g/mol. The Hall–Kier alpha value is -2.58. The first-order valence-corrected chi connectivity index (χ1v) is 11.4. The number of rotatable bonds is 6. The van der Waals surface area contributed by atoms with Crippen molar-refractivity contribution in [3.05, 3.63) is 53.1 Å². The van der Waals surface area contributed by atoms with Crippen LogP contribution >= 0.6 is 11.6 Å². The molecule has 2 amide bonds. The molecule has 3 rings (SSSR count). The molecule has 2 aromatic carbocycles. The van der Waals surface area contributed by atoms with E-state index >= 15 is 0 Å². The van der Waals surface area contributed by atoms with Crippen molar-refractivity contribution in [2.75, 3.05) is 36.5 Å². The fourth-order valence-electron chi connectivity index (χ4n) is 3.10. The van der Waals surface area contributed by atoms with Gasteiger partial charge in [0.15, 0.2) is 9.84 Å². The number of nitrogens with one attached hydrogen (secondary N) is 2. The molecule has 0 saturated carbocycles. The summed E-state index contributed by atoms with van der Waals surface area (Å²) in [7, 11) is -3.29. The number of halogens is 1. The van der Waals surface area contributed by atoms with E-state index in [1.165, 1.54) is 24.3 Å². The third kappa shape index (κ3) is 5.48. The van der Waals surface area contributed by atoms with E-state index in [0.717, 1.165) is 32.2 Å². The van der Waals surface area contributed by atoms with Crippen LogP contribution in [0.4, 0.5) is 11.4 Å². The van der Waals surface area contributed by atoms with E-state index in [1.54, 1.807) is 23.1 Å². The van der Waals surface area contributed by atoms with Gasteiger partial charge in [-0.3, -0.25) is 9.59 Å². The molecule has 1 fully saturated rings. The molecule has 0 spiro atoms. The van der Waals surface area contributed by atoms with Crippen LogP contribution in [0.2, 0.25) is 5.02 Å². The molecule has 0 radical (unpaired) electrons. The Morgan fingerprint density at radius 2 is 1.72 bits per heavy atom. The van der Waals surface area contributed by atoms with Crippen LogP contribution < -0.4 is 10.6 Å². The molecular formula is C20H22ClN3O4S. The van der Waals surface area contributed by atoms with Crippen molar-refractivity contribution >= 4 is 44.6 Å². The summed E-state index contributed by atoms with van der Waals surface area (Å²) >= 11 is 6.06. The van der Waals surface area contributed by atoms with Crippen molar-refractivity contribution in [2.45, 2.75) is 17.7 Å². The summed E-state index contributed by atoms with van der Waals surface area (Å²) in [5, 5.41) is 6.13. The number of sulfone groups is 1. The minimum absolute atomic E-state index is 0.0598. The van der Waals surface area contributed by atoms with E-state index in [0.29, 0.717) is 22.0 Å². The number of nitrogens with zero attached hydrogens (tertiary/aromatic N) is 1. The van der Waals surface area contributed by atoms with Gasteiger partial charge in [-0.15, -0.1) is 0 Å². The summed E-state index contributed by atoms with van der Waals surface area (Å²) in [5.74, 6) is -0.434. The van der Waals surface area contributed by atoms with Crippen LogP contribution in [-0.2, 0) is 14.6 Å². The van der Waals surface area contributed by atoms with Gasteiger partial charge in [0.2, 0.25) is 5.91 Å². The molecule has 0 atom stereocenters. The van der Waals surface area contributed by atoms with Gasteiger partial charge < -0.3 is 15.5 Å². The first kappa shape index (κ1) is 21.1. The summed E-state index contributed by atoms with van der Waals surface area (Å²) in [6.07, 6.45) is 3.09. The fraction of sp³-hybridized carbons (Fsp3) is 0.300. The van der Waals surface area contributed by atoms with E-state index in [1.807, 2.05) is 0 Å². The molecule has 1 saturated heterocycles. The SMILES string of the molecule is CS(=O)(=O)c1ccc(NC(=O)CNc2ccc(Cl)cc2C(=O)N2CCCC2)cc1. The van der Waals surface area contributed by atoms with Gasteiger partial charge in [0.25, 0.3) is 5.91 Å². The van der Waals surface area contributed by atoms with E-state index in [4.69, 9.17) is 11.6 Å². The zero-order chi connectivity index (χ0) is 21.0. The Balaban J connectivity index is 1.65. The van der Waals surface area contributed by atoms with Crippen molar-refractivity contribution in [3.8, 4) is 0 Å². The summed E-state index contributed by atoms with van der Waals surface area (Å²) < 4.78 is 23.0. The Kier molecular flexibility index (Phi) is 6.44. The van der Waals surface area contributed by atoms with Crippen LogP contribution in [0.3, 0.4) is 0 Å². The number of likely N-dealkylation sites (tertiary alicyclic amines) is 1. The third-order valence-corrected chi connectivity index (χ3v) is 5.97. The summed E-state index contributed by atoms with van der Waals surface area (Å²) in [4.78, 5) is 27.0. The fourth-order valence-corrected chi connectivity index (χ4v) is 3.91. The summed E-state index contributed by atoms with van der Waals surface area (Å²) in [6, 6.07) is 10.9. The van der Waals surface area contributed by atoms with Crippen molar-refractivity contribution in [3.63, 3.8) is 0 Å². The highest BCUT2D eigenvalue weighted by Crippen LogP contribution is 2.24. The number of carbonyl (C=O) groups is 2. The highest BCUT2D eigenvalue weighted by Gasteiger charge is 2.22. The average Bonchev–Trinajstić information content (AvgIpc) is 3.21. The number of amides is 2. The molecular weight excluding hydrogens is 414 g/mol. The maximum Gasteiger partial charge on any atom is 0.256 e. The third-order valence-electron chi connectivity index (χ3n) is 4.61. The molecule has 29 heavy (non-hydrogen) atoms. The van der Waals surface area contributed by atoms with Crippen LogP contribution in [0.5, 0.6) is 0 Å². The minimum atomic E-state index is -3.29. The van der Waals surface area contributed by atoms with Crippen LogP contribution in [-0.4, -0.2) is 51.0 Å². The van der Waals surface area contributed by atoms with Gasteiger partial charge in [-0.25, -0.2) is 8.42 Å². The lowest BCUT2D eigenvalue weighted by atomic mass is 10.1. The first-order valence-electron chi connectivity index (χ1n) is 9.17. The molecule has 0 aliphatic carbocycles. The Morgan fingerprint density at radius 1 is 1.07 bits per heavy atom. The topological polar surface area (TPSA) is 95.6 Å². The number of benzene rings is 2. The lowest BCUT2D eigenvalue weighted by molar-refractivity contribution is -0.114. The van der Waals surface area contributed by atoms with Crippen LogP contribution in [0.25, 0.3) is 0 Å². The molecule has 2 N–H and O–H groups in total. The number of hydrogen-bond donors (Lipinski definition) is 2. The van der Waals surface area contributed by atoms with E-state index < -0.39 is 9.84 Å². The molecule has 7 nitrogen and oxygen atoms in total. The van der Waals surface area contributed by atoms with Gasteiger partial charge in [-0.2, -0.15) is 0 Å². The van der Waals surface area contributed by atoms with Gasteiger partial charge >= 0.3 is 0 Å². The van der Waals surface area contributed by atoms with Gasteiger partial charge in [0.05, 0.1) is 17.0 Å². The summed E-state index contributed by atoms with van der Waals surface area (Å²) in [6.45, 7) is 1.37. The van der Waals surface area contributed by atoms with Gasteiger partial charge in [0.1, 0.15) is 0 Å². The van der Waals surface area contributed by atoms with Gasteiger partial charge in [-0.05, 0) is 55.3 Å². The lowest BCUT2D eigenvalue weighted by Gasteiger charge is -2.18. The molecule has 9 heteroatoms. The maximum atomic E-state index is 12.7. The van der Waals surface area contributed by atoms with E-state index in [9.17, 15) is 18.0 Å². The lowest BCUT2D eigenvalue weighted by Crippen LogP contribution is -2.29. The van der Waals surface area contributed by atoms with E-state index in [2.05, 4.69) is 10.6 Å². The maximum absolute atomic E-state index is 12.7. The second kappa shape index (κ2) is 8.84. The molecule has 1 aliphatic heterocycles. The van der Waals surface area contributed by atoms with E-state index in [-0.39, 0.29) is 23.3 Å². The van der Waals surface area contributed by atoms with Crippen LogP contribution in [0.1, 0.15) is 23.2 Å². The van der Waals surface area contributed by atoms with Gasteiger partial charge in [-0.1, -0.05) is 11.6 Å². The highest BCUT2D eigenvalue weighted by atomic mass is 35.5. The molecule has 0 bridgehead atoms. The Morgan fingerprint density at radius 3 is 2.34 bits per heavy atom. The molecule has 2 aromatic rings. The highest BCUT2D eigenvalue weighted by molar-refractivity contribution is 7.90. The quantitative estimate of drug-likeness (QED) is 0.727. The molecule has 0 unspecified atom stereocenters. The number of carbonyl (C=O) groups excluding carboxylic acids is 2. The first-order chi connectivity index (χ1) is 13.7. The Labute approximate surface area is 175 Å². The van der Waals surface area contributed by atoms with Crippen molar-refractivity contribution in [1.82, 2.24) is 4.90 Å². The number of anilines is 2. The molecule has 1 heterocycles. The molecule has 154 valence electrons. The number of hydrogen-bond acceptors (Lipinski definition) is 5. The minimum Gasteiger partial charge on any atom is -0.375 e. The van der Waals surface area contributed by atoms with Crippen molar-refractivity contribution < 1.29 is 18.0 Å². The second-order valence-electron chi connectivity index (χ2n) is 6.89. The zero-order valence-electron chi connectivity index (χ0n) is 15.9. The van der Waals surface area contributed by atoms with Gasteiger partial charge in [0, 0.05) is 35.7 Å². The Bertz CT molecular complexity index is 1020. The van der Waals surface area contributed by atoms with Crippen molar-refractivity contribution in [1.29, 1.82) is 0 Å². The van der Waals surface area contributed by atoms with Crippen LogP contribution in [0, 0.1) is 0 Å². The smallest absolute Gasteiger partial charge is 0.256 e. The normalized spacial score (nSPS) is 13.9. The standard InChI is InChI=1S/C20H22ClN3O4S/c1-29(27,28)16-7-5-15(6-8-16)23-19(25)13-22-18-9-4-14(21)12-17(18)20(26)24-10-2-3-11-24/h4-9,12,22H,2-3,10-11,13H2,1H3,(H,23,25). The predicted octanol–water partition coefficient (Wildman–Crippen LogP) is 3.03. The summed E-state index contributed by atoms with van der Waals surface area (Å²) in [5.41, 5.74) is 1.45. The second-order valence-corrected chi connectivity index (χ2v) is 9.34.